The molecule has 23 heavy (non-hydrogen) atoms. The fourth-order valence-corrected chi connectivity index (χ4v) is 3.08. The van der Waals surface area contributed by atoms with Crippen LogP contribution in [0, 0.1) is 0 Å². The lowest BCUT2D eigenvalue weighted by atomic mass is 10.1. The Morgan fingerprint density at radius 2 is 1.52 bits per heavy atom. The SMILES string of the molecule is Nc1ccc(-c2ncc(-c3ccc(N4CCCC4)cc3)[nH]2)cc1. The van der Waals surface area contributed by atoms with Crippen molar-refractivity contribution in [3.05, 3.63) is 54.7 Å². The Morgan fingerprint density at radius 1 is 0.870 bits per heavy atom. The van der Waals surface area contributed by atoms with Crippen molar-refractivity contribution < 1.29 is 0 Å². The summed E-state index contributed by atoms with van der Waals surface area (Å²) in [4.78, 5) is 10.3. The van der Waals surface area contributed by atoms with E-state index in [1.807, 2.05) is 30.5 Å². The van der Waals surface area contributed by atoms with E-state index in [0.717, 1.165) is 28.3 Å². The summed E-state index contributed by atoms with van der Waals surface area (Å²) in [5.41, 5.74) is 11.0. The number of aromatic amines is 1. The van der Waals surface area contributed by atoms with Gasteiger partial charge in [0.25, 0.3) is 0 Å². The third-order valence-electron chi connectivity index (χ3n) is 4.41. The van der Waals surface area contributed by atoms with Crippen LogP contribution in [-0.2, 0) is 0 Å². The first-order chi connectivity index (χ1) is 11.3. The third kappa shape index (κ3) is 2.80. The van der Waals surface area contributed by atoms with Gasteiger partial charge in [0.05, 0.1) is 11.9 Å². The molecule has 0 atom stereocenters. The van der Waals surface area contributed by atoms with Crippen molar-refractivity contribution in [2.45, 2.75) is 12.8 Å². The van der Waals surface area contributed by atoms with E-state index in [-0.39, 0.29) is 0 Å². The summed E-state index contributed by atoms with van der Waals surface area (Å²) in [7, 11) is 0. The first-order valence-electron chi connectivity index (χ1n) is 8.06. The van der Waals surface area contributed by atoms with E-state index in [2.05, 4.69) is 39.1 Å². The summed E-state index contributed by atoms with van der Waals surface area (Å²) in [5.74, 6) is 0.864. The van der Waals surface area contributed by atoms with Crippen molar-refractivity contribution in [3.8, 4) is 22.6 Å². The highest BCUT2D eigenvalue weighted by atomic mass is 15.1. The fraction of sp³-hybridized carbons (Fsp3) is 0.211. The van der Waals surface area contributed by atoms with Gasteiger partial charge in [-0.2, -0.15) is 0 Å². The van der Waals surface area contributed by atoms with Gasteiger partial charge in [-0.15, -0.1) is 0 Å². The van der Waals surface area contributed by atoms with Crippen LogP contribution in [-0.4, -0.2) is 23.1 Å². The molecule has 4 nitrogen and oxygen atoms in total. The Kier molecular flexibility index (Phi) is 3.50. The molecule has 0 amide bonds. The van der Waals surface area contributed by atoms with Gasteiger partial charge in [-0.05, 0) is 54.8 Å². The van der Waals surface area contributed by atoms with Gasteiger partial charge in [-0.25, -0.2) is 4.98 Å². The molecule has 1 aromatic heterocycles. The van der Waals surface area contributed by atoms with E-state index in [0.29, 0.717) is 0 Å². The van der Waals surface area contributed by atoms with Crippen LogP contribution in [0.25, 0.3) is 22.6 Å². The molecule has 1 saturated heterocycles. The van der Waals surface area contributed by atoms with E-state index in [9.17, 15) is 0 Å². The normalized spacial score (nSPS) is 14.3. The molecule has 4 rings (SSSR count). The second-order valence-electron chi connectivity index (χ2n) is 6.01. The highest BCUT2D eigenvalue weighted by Crippen LogP contribution is 2.26. The minimum atomic E-state index is 0.762. The number of hydrogen-bond acceptors (Lipinski definition) is 3. The maximum Gasteiger partial charge on any atom is 0.137 e. The molecule has 0 saturated carbocycles. The summed E-state index contributed by atoms with van der Waals surface area (Å²) in [6, 6.07) is 16.5. The molecule has 0 radical (unpaired) electrons. The average molecular weight is 304 g/mol. The summed E-state index contributed by atoms with van der Waals surface area (Å²) in [5, 5.41) is 0. The number of aromatic nitrogens is 2. The van der Waals surface area contributed by atoms with Crippen molar-refractivity contribution in [2.75, 3.05) is 23.7 Å². The fourth-order valence-electron chi connectivity index (χ4n) is 3.08. The van der Waals surface area contributed by atoms with Gasteiger partial charge in [0, 0.05) is 30.0 Å². The van der Waals surface area contributed by atoms with Crippen molar-refractivity contribution >= 4 is 11.4 Å². The minimum Gasteiger partial charge on any atom is -0.399 e. The molecule has 2 heterocycles. The summed E-state index contributed by atoms with van der Waals surface area (Å²) >= 11 is 0. The van der Waals surface area contributed by atoms with Gasteiger partial charge in [-0.3, -0.25) is 0 Å². The number of anilines is 2. The van der Waals surface area contributed by atoms with Crippen molar-refractivity contribution in [3.63, 3.8) is 0 Å². The quantitative estimate of drug-likeness (QED) is 0.721. The predicted octanol–water partition coefficient (Wildman–Crippen LogP) is 3.93. The molecular weight excluding hydrogens is 284 g/mol. The Bertz CT molecular complexity index is 781. The monoisotopic (exact) mass is 304 g/mol. The van der Waals surface area contributed by atoms with Gasteiger partial charge in [0.1, 0.15) is 5.82 Å². The maximum atomic E-state index is 5.73. The lowest BCUT2D eigenvalue weighted by molar-refractivity contribution is 0.949. The zero-order chi connectivity index (χ0) is 15.6. The molecule has 116 valence electrons. The van der Waals surface area contributed by atoms with Crippen LogP contribution in [0.3, 0.4) is 0 Å². The number of rotatable bonds is 3. The molecule has 0 spiro atoms. The number of nitrogen functional groups attached to an aromatic ring is 1. The van der Waals surface area contributed by atoms with E-state index < -0.39 is 0 Å². The van der Waals surface area contributed by atoms with E-state index in [1.165, 1.54) is 31.6 Å². The summed E-state index contributed by atoms with van der Waals surface area (Å²) in [6.07, 6.45) is 4.48. The van der Waals surface area contributed by atoms with Crippen molar-refractivity contribution in [1.29, 1.82) is 0 Å². The topological polar surface area (TPSA) is 57.9 Å². The molecule has 3 N–H and O–H groups in total. The lowest BCUT2D eigenvalue weighted by Crippen LogP contribution is -2.17. The second kappa shape index (κ2) is 5.80. The molecular formula is C19H20N4. The summed E-state index contributed by atoms with van der Waals surface area (Å²) in [6.45, 7) is 2.34. The predicted molar refractivity (Wildman–Crippen MR) is 95.3 cm³/mol. The Morgan fingerprint density at radius 3 is 2.22 bits per heavy atom. The average Bonchev–Trinajstić information content (AvgIpc) is 3.28. The number of nitrogens with zero attached hydrogens (tertiary/aromatic N) is 2. The van der Waals surface area contributed by atoms with Gasteiger partial charge < -0.3 is 15.6 Å². The van der Waals surface area contributed by atoms with Crippen LogP contribution in [0.2, 0.25) is 0 Å². The van der Waals surface area contributed by atoms with Gasteiger partial charge >= 0.3 is 0 Å². The number of nitrogens with one attached hydrogen (secondary N) is 1. The molecule has 0 aliphatic carbocycles. The zero-order valence-electron chi connectivity index (χ0n) is 13.0. The minimum absolute atomic E-state index is 0.762. The number of H-pyrrole nitrogens is 1. The van der Waals surface area contributed by atoms with Crippen LogP contribution in [0.5, 0.6) is 0 Å². The number of nitrogens with two attached hydrogens (primary N) is 1. The largest absolute Gasteiger partial charge is 0.399 e. The molecule has 3 aromatic rings. The molecule has 0 bridgehead atoms. The van der Waals surface area contributed by atoms with Crippen LogP contribution >= 0.6 is 0 Å². The van der Waals surface area contributed by atoms with Crippen molar-refractivity contribution in [1.82, 2.24) is 9.97 Å². The van der Waals surface area contributed by atoms with Crippen molar-refractivity contribution in [2.24, 2.45) is 0 Å². The Labute approximate surface area is 136 Å². The van der Waals surface area contributed by atoms with E-state index in [1.54, 1.807) is 0 Å². The molecule has 4 heteroatoms. The number of benzene rings is 2. The lowest BCUT2D eigenvalue weighted by Gasteiger charge is -2.17. The first kappa shape index (κ1) is 13.9. The third-order valence-corrected chi connectivity index (χ3v) is 4.41. The Hall–Kier alpha value is -2.75. The molecule has 1 aliphatic rings. The highest BCUT2D eigenvalue weighted by Gasteiger charge is 2.12. The van der Waals surface area contributed by atoms with E-state index >= 15 is 0 Å². The maximum absolute atomic E-state index is 5.73. The van der Waals surface area contributed by atoms with Gasteiger partial charge in [-0.1, -0.05) is 12.1 Å². The van der Waals surface area contributed by atoms with Gasteiger partial charge in [0.2, 0.25) is 0 Å². The zero-order valence-corrected chi connectivity index (χ0v) is 13.0. The number of hydrogen-bond donors (Lipinski definition) is 2. The van der Waals surface area contributed by atoms with Crippen LogP contribution < -0.4 is 10.6 Å². The highest BCUT2D eigenvalue weighted by molar-refractivity contribution is 5.67. The number of imidazole rings is 1. The second-order valence-corrected chi connectivity index (χ2v) is 6.01. The van der Waals surface area contributed by atoms with Gasteiger partial charge in [0.15, 0.2) is 0 Å². The van der Waals surface area contributed by atoms with Crippen LogP contribution in [0.4, 0.5) is 11.4 Å². The van der Waals surface area contributed by atoms with Crippen LogP contribution in [0.15, 0.2) is 54.7 Å². The standard InChI is InChI=1S/C19H20N4/c20-16-7-3-15(4-8-16)19-21-13-18(22-19)14-5-9-17(10-6-14)23-11-1-2-12-23/h3-10,13H,1-2,11-12,20H2,(H,21,22). The Balaban J connectivity index is 1.57. The molecule has 1 aliphatic heterocycles. The van der Waals surface area contributed by atoms with E-state index in [4.69, 9.17) is 5.73 Å². The summed E-state index contributed by atoms with van der Waals surface area (Å²) < 4.78 is 0. The molecule has 2 aromatic carbocycles. The smallest absolute Gasteiger partial charge is 0.137 e. The van der Waals surface area contributed by atoms with Crippen LogP contribution in [0.1, 0.15) is 12.8 Å². The first-order valence-corrected chi connectivity index (χ1v) is 8.06. The molecule has 0 unspecified atom stereocenters. The molecule has 1 fully saturated rings.